The lowest BCUT2D eigenvalue weighted by molar-refractivity contribution is 0.216. The fourth-order valence-corrected chi connectivity index (χ4v) is 4.55. The Labute approximate surface area is 158 Å². The first-order chi connectivity index (χ1) is 12.8. The van der Waals surface area contributed by atoms with E-state index in [0.29, 0.717) is 22.5 Å². The molecule has 140 valence electrons. The predicted molar refractivity (Wildman–Crippen MR) is 92.6 cm³/mol. The highest BCUT2D eigenvalue weighted by Gasteiger charge is 2.41. The van der Waals surface area contributed by atoms with Gasteiger partial charge in [0.1, 0.15) is 16.5 Å². The van der Waals surface area contributed by atoms with Gasteiger partial charge in [-0.2, -0.15) is 9.29 Å². The van der Waals surface area contributed by atoms with Crippen molar-refractivity contribution in [3.63, 3.8) is 0 Å². The van der Waals surface area contributed by atoms with Crippen molar-refractivity contribution in [3.05, 3.63) is 65.0 Å². The number of aromatic nitrogens is 2. The topological polar surface area (TPSA) is 76.3 Å². The molecule has 0 spiro atoms. The van der Waals surface area contributed by atoms with Crippen LogP contribution in [0.1, 0.15) is 11.8 Å². The van der Waals surface area contributed by atoms with Gasteiger partial charge in [-0.15, -0.1) is 0 Å². The maximum absolute atomic E-state index is 13.8. The van der Waals surface area contributed by atoms with Crippen molar-refractivity contribution < 1.29 is 21.7 Å². The normalized spacial score (nSPS) is 15.7. The molecule has 0 aliphatic carbocycles. The fraction of sp³-hybridized carbons (Fsp3) is 0.176. The largest absolute Gasteiger partial charge is 0.339 e. The van der Waals surface area contributed by atoms with E-state index in [-0.39, 0.29) is 24.9 Å². The maximum Gasteiger partial charge on any atom is 0.246 e. The molecule has 1 fully saturated rings. The molecule has 2 heterocycles. The van der Waals surface area contributed by atoms with E-state index >= 15 is 0 Å². The van der Waals surface area contributed by atoms with E-state index in [9.17, 15) is 17.2 Å². The second-order valence-corrected chi connectivity index (χ2v) is 8.40. The van der Waals surface area contributed by atoms with Crippen molar-refractivity contribution in [3.8, 4) is 11.4 Å². The first kappa shape index (κ1) is 18.0. The Bertz CT molecular complexity index is 1110. The van der Waals surface area contributed by atoms with Gasteiger partial charge in [0, 0.05) is 23.7 Å². The zero-order valence-electron chi connectivity index (χ0n) is 13.6. The molecule has 3 aromatic rings. The standard InChI is InChI=1S/C17H12ClF2N3O3S/c18-12-3-1-2-10(6-12)16-21-17(26-22-16)11-8-23(9-11)27(24,25)15-7-13(19)4-5-14(15)20/h1-7,11H,8-9H2. The van der Waals surface area contributed by atoms with E-state index in [1.54, 1.807) is 24.3 Å². The van der Waals surface area contributed by atoms with Gasteiger partial charge in [0.25, 0.3) is 0 Å². The molecule has 6 nitrogen and oxygen atoms in total. The van der Waals surface area contributed by atoms with Gasteiger partial charge in [0.05, 0.1) is 5.92 Å². The van der Waals surface area contributed by atoms with Crippen LogP contribution in [0.25, 0.3) is 11.4 Å². The third kappa shape index (κ3) is 3.33. The third-order valence-electron chi connectivity index (χ3n) is 4.23. The summed E-state index contributed by atoms with van der Waals surface area (Å²) in [6.45, 7) is 0.0743. The number of benzene rings is 2. The maximum atomic E-state index is 13.8. The molecule has 0 radical (unpaired) electrons. The van der Waals surface area contributed by atoms with Crippen LogP contribution in [0, 0.1) is 11.6 Å². The molecular weight excluding hydrogens is 400 g/mol. The Morgan fingerprint density at radius 1 is 1.15 bits per heavy atom. The van der Waals surface area contributed by atoms with Gasteiger partial charge in [-0.25, -0.2) is 17.2 Å². The van der Waals surface area contributed by atoms with Crippen LogP contribution in [-0.4, -0.2) is 36.0 Å². The smallest absolute Gasteiger partial charge is 0.246 e. The number of sulfonamides is 1. The Morgan fingerprint density at radius 3 is 2.67 bits per heavy atom. The van der Waals surface area contributed by atoms with Crippen molar-refractivity contribution in [2.75, 3.05) is 13.1 Å². The second kappa shape index (κ2) is 6.66. The summed E-state index contributed by atoms with van der Waals surface area (Å²) in [5.41, 5.74) is 0.670. The number of rotatable bonds is 4. The van der Waals surface area contributed by atoms with Gasteiger partial charge < -0.3 is 4.52 Å². The van der Waals surface area contributed by atoms with Gasteiger partial charge in [0.2, 0.25) is 21.7 Å². The van der Waals surface area contributed by atoms with Crippen molar-refractivity contribution in [2.45, 2.75) is 10.8 Å². The zero-order valence-corrected chi connectivity index (χ0v) is 15.2. The van der Waals surface area contributed by atoms with Crippen molar-refractivity contribution >= 4 is 21.6 Å². The highest BCUT2D eigenvalue weighted by molar-refractivity contribution is 7.89. The minimum Gasteiger partial charge on any atom is -0.339 e. The van der Waals surface area contributed by atoms with Crippen molar-refractivity contribution in [2.24, 2.45) is 0 Å². The summed E-state index contributed by atoms with van der Waals surface area (Å²) in [4.78, 5) is 3.58. The lowest BCUT2D eigenvalue weighted by Gasteiger charge is -2.35. The molecule has 1 aliphatic heterocycles. The molecule has 1 aliphatic rings. The van der Waals surface area contributed by atoms with Gasteiger partial charge in [0.15, 0.2) is 0 Å². The summed E-state index contributed by atoms with van der Waals surface area (Å²) in [5, 5.41) is 4.40. The fourth-order valence-electron chi connectivity index (χ4n) is 2.75. The lowest BCUT2D eigenvalue weighted by atomic mass is 10.0. The second-order valence-electron chi connectivity index (χ2n) is 6.06. The first-order valence-electron chi connectivity index (χ1n) is 7.89. The van der Waals surface area contributed by atoms with E-state index in [2.05, 4.69) is 10.1 Å². The van der Waals surface area contributed by atoms with Crippen LogP contribution >= 0.6 is 11.6 Å². The Balaban J connectivity index is 1.51. The first-order valence-corrected chi connectivity index (χ1v) is 9.71. The molecular formula is C17H12ClF2N3O3S. The molecule has 2 aromatic carbocycles. The molecule has 27 heavy (non-hydrogen) atoms. The highest BCUT2D eigenvalue weighted by Crippen LogP contribution is 2.33. The van der Waals surface area contributed by atoms with Gasteiger partial charge in [-0.3, -0.25) is 0 Å². The molecule has 10 heteroatoms. The van der Waals surface area contributed by atoms with Crippen LogP contribution in [0.15, 0.2) is 51.9 Å². The average molecular weight is 412 g/mol. The summed E-state index contributed by atoms with van der Waals surface area (Å²) >= 11 is 5.94. The summed E-state index contributed by atoms with van der Waals surface area (Å²) in [6, 6.07) is 9.23. The molecule has 4 rings (SSSR count). The molecule has 0 amide bonds. The molecule has 0 N–H and O–H groups in total. The van der Waals surface area contributed by atoms with E-state index in [0.717, 1.165) is 16.4 Å². The van der Waals surface area contributed by atoms with Crippen LogP contribution in [0.5, 0.6) is 0 Å². The highest BCUT2D eigenvalue weighted by atomic mass is 35.5. The van der Waals surface area contributed by atoms with Crippen LogP contribution in [0.4, 0.5) is 8.78 Å². The monoisotopic (exact) mass is 411 g/mol. The minimum absolute atomic E-state index is 0.0372. The summed E-state index contributed by atoms with van der Waals surface area (Å²) in [6.07, 6.45) is 0. The van der Waals surface area contributed by atoms with E-state index < -0.39 is 26.6 Å². The summed E-state index contributed by atoms with van der Waals surface area (Å²) < 4.78 is 58.3. The summed E-state index contributed by atoms with van der Waals surface area (Å²) in [7, 11) is -4.14. The van der Waals surface area contributed by atoms with E-state index in [4.69, 9.17) is 16.1 Å². The van der Waals surface area contributed by atoms with Gasteiger partial charge >= 0.3 is 0 Å². The van der Waals surface area contributed by atoms with Crippen LogP contribution < -0.4 is 0 Å². The lowest BCUT2D eigenvalue weighted by Crippen LogP contribution is -2.48. The van der Waals surface area contributed by atoms with Crippen molar-refractivity contribution in [1.29, 1.82) is 0 Å². The quantitative estimate of drug-likeness (QED) is 0.657. The van der Waals surface area contributed by atoms with Crippen molar-refractivity contribution in [1.82, 2.24) is 14.4 Å². The van der Waals surface area contributed by atoms with E-state index in [1.165, 1.54) is 0 Å². The molecule has 0 unspecified atom stereocenters. The SMILES string of the molecule is O=S(=O)(c1cc(F)ccc1F)N1CC(c2nc(-c3cccc(Cl)c3)no2)C1. The minimum atomic E-state index is -4.14. The van der Waals surface area contributed by atoms with Gasteiger partial charge in [-0.1, -0.05) is 28.9 Å². The van der Waals surface area contributed by atoms with Crippen LogP contribution in [0.3, 0.4) is 0 Å². The molecule has 1 saturated heterocycles. The summed E-state index contributed by atoms with van der Waals surface area (Å²) in [5.74, 6) is -1.53. The number of hydrogen-bond acceptors (Lipinski definition) is 5. The molecule has 1 aromatic heterocycles. The van der Waals surface area contributed by atoms with Crippen LogP contribution in [0.2, 0.25) is 5.02 Å². The zero-order chi connectivity index (χ0) is 19.2. The molecule has 0 saturated carbocycles. The molecule has 0 bridgehead atoms. The van der Waals surface area contributed by atoms with Gasteiger partial charge in [-0.05, 0) is 30.3 Å². The Kier molecular flexibility index (Phi) is 4.45. The Morgan fingerprint density at radius 2 is 1.93 bits per heavy atom. The third-order valence-corrected chi connectivity index (χ3v) is 6.31. The number of hydrogen-bond donors (Lipinski definition) is 0. The predicted octanol–water partition coefficient (Wildman–Crippen LogP) is 3.46. The Hall–Kier alpha value is -2.36. The average Bonchev–Trinajstić information content (AvgIpc) is 3.05. The molecule has 0 atom stereocenters. The van der Waals surface area contributed by atoms with Crippen LogP contribution in [-0.2, 0) is 10.0 Å². The number of halogens is 3. The number of nitrogens with zero attached hydrogens (tertiary/aromatic N) is 3. The van der Waals surface area contributed by atoms with E-state index in [1.807, 2.05) is 0 Å².